The van der Waals surface area contributed by atoms with Crippen LogP contribution in [0.4, 0.5) is 0 Å². The lowest BCUT2D eigenvalue weighted by atomic mass is 10.1. The average Bonchev–Trinajstić information content (AvgIpc) is 2.18. The highest BCUT2D eigenvalue weighted by molar-refractivity contribution is 6.18. The van der Waals surface area contributed by atoms with E-state index in [9.17, 15) is 0 Å². The van der Waals surface area contributed by atoms with Crippen LogP contribution < -0.4 is 0 Å². The van der Waals surface area contributed by atoms with Crippen molar-refractivity contribution in [2.75, 3.05) is 11.8 Å². The maximum absolute atomic E-state index is 5.57. The van der Waals surface area contributed by atoms with Crippen LogP contribution in [0, 0.1) is 11.8 Å². The van der Waals surface area contributed by atoms with Crippen LogP contribution in [0.5, 0.6) is 0 Å². The summed E-state index contributed by atoms with van der Waals surface area (Å²) < 4.78 is 0. The number of unbranched alkanes of at least 4 members (excludes halogenated alkanes) is 3. The van der Waals surface area contributed by atoms with Crippen LogP contribution in [0.15, 0.2) is 12.2 Å². The third-order valence-electron chi connectivity index (χ3n) is 1.81. The van der Waals surface area contributed by atoms with E-state index in [1.807, 2.05) is 0 Å². The first-order valence-corrected chi connectivity index (χ1v) is 6.16. The van der Waals surface area contributed by atoms with Crippen molar-refractivity contribution in [3.63, 3.8) is 0 Å². The highest BCUT2D eigenvalue weighted by atomic mass is 35.5. The molecule has 80 valence electrons. The van der Waals surface area contributed by atoms with E-state index in [4.69, 9.17) is 23.2 Å². The molecule has 0 aliphatic heterocycles. The Balaban J connectivity index is 3.39. The van der Waals surface area contributed by atoms with Gasteiger partial charge in [0.2, 0.25) is 0 Å². The minimum atomic E-state index is 0.733. The summed E-state index contributed by atoms with van der Waals surface area (Å²) in [6.45, 7) is 3.90. The van der Waals surface area contributed by atoms with Crippen molar-refractivity contribution in [2.45, 2.75) is 38.5 Å². The minimum Gasteiger partial charge on any atom is -0.127 e. The molecule has 0 N–H and O–H groups in total. The molecule has 0 radical (unpaired) electrons. The largest absolute Gasteiger partial charge is 0.127 e. The van der Waals surface area contributed by atoms with Gasteiger partial charge in [-0.1, -0.05) is 18.4 Å². The molecule has 14 heavy (non-hydrogen) atoms. The van der Waals surface area contributed by atoms with Crippen molar-refractivity contribution in [1.29, 1.82) is 0 Å². The van der Waals surface area contributed by atoms with E-state index in [1.165, 1.54) is 0 Å². The molecule has 0 atom stereocenters. The molecule has 0 aliphatic rings. The predicted octanol–water partition coefficient (Wildman–Crippen LogP) is 4.36. The van der Waals surface area contributed by atoms with Gasteiger partial charge in [-0.15, -0.1) is 23.2 Å². The number of hydrogen-bond donors (Lipinski definition) is 0. The zero-order chi connectivity index (χ0) is 10.6. The predicted molar refractivity (Wildman–Crippen MR) is 66.1 cm³/mol. The SMILES string of the molecule is C=C(C#CCCCCCl)CCCCCl. The summed E-state index contributed by atoms with van der Waals surface area (Å²) in [5.74, 6) is 7.64. The van der Waals surface area contributed by atoms with Gasteiger partial charge in [0.15, 0.2) is 0 Å². The van der Waals surface area contributed by atoms with Crippen molar-refractivity contribution < 1.29 is 0 Å². The van der Waals surface area contributed by atoms with Gasteiger partial charge >= 0.3 is 0 Å². The monoisotopic (exact) mass is 232 g/mol. The second-order valence-electron chi connectivity index (χ2n) is 3.20. The molecule has 0 unspecified atom stereocenters. The molecule has 0 heterocycles. The highest BCUT2D eigenvalue weighted by Gasteiger charge is 1.89. The second-order valence-corrected chi connectivity index (χ2v) is 3.95. The molecule has 0 amide bonds. The summed E-state index contributed by atoms with van der Waals surface area (Å²) in [5, 5.41) is 0. The smallest absolute Gasteiger partial charge is 0.0223 e. The van der Waals surface area contributed by atoms with Crippen molar-refractivity contribution in [2.24, 2.45) is 0 Å². The summed E-state index contributed by atoms with van der Waals surface area (Å²) in [5.41, 5.74) is 1.03. The van der Waals surface area contributed by atoms with Gasteiger partial charge in [-0.3, -0.25) is 0 Å². The van der Waals surface area contributed by atoms with Gasteiger partial charge in [0.25, 0.3) is 0 Å². The maximum Gasteiger partial charge on any atom is 0.0223 e. The molecule has 0 fully saturated rings. The van der Waals surface area contributed by atoms with E-state index < -0.39 is 0 Å². The molecule has 0 saturated carbocycles. The fourth-order valence-corrected chi connectivity index (χ4v) is 1.37. The summed E-state index contributed by atoms with van der Waals surface area (Å²) >= 11 is 11.1. The number of rotatable bonds is 7. The lowest BCUT2D eigenvalue weighted by Gasteiger charge is -1.95. The van der Waals surface area contributed by atoms with Gasteiger partial charge in [-0.05, 0) is 37.7 Å². The Bertz CT molecular complexity index is 198. The molecule has 0 aromatic heterocycles. The summed E-state index contributed by atoms with van der Waals surface area (Å²) in [4.78, 5) is 0. The molecular weight excluding hydrogens is 215 g/mol. The normalized spacial score (nSPS) is 9.29. The van der Waals surface area contributed by atoms with E-state index in [2.05, 4.69) is 18.4 Å². The molecule has 0 bridgehead atoms. The lowest BCUT2D eigenvalue weighted by molar-refractivity contribution is 0.806. The van der Waals surface area contributed by atoms with Gasteiger partial charge in [-0.2, -0.15) is 0 Å². The zero-order valence-electron chi connectivity index (χ0n) is 8.62. The molecule has 0 saturated heterocycles. The van der Waals surface area contributed by atoms with E-state index >= 15 is 0 Å². The van der Waals surface area contributed by atoms with Crippen LogP contribution in [-0.4, -0.2) is 11.8 Å². The Hall–Kier alpha value is -0.120. The molecule has 2 heteroatoms. The van der Waals surface area contributed by atoms with Crippen molar-refractivity contribution >= 4 is 23.2 Å². The first-order chi connectivity index (χ1) is 6.81. The molecule has 0 aromatic carbocycles. The third kappa shape index (κ3) is 9.96. The van der Waals surface area contributed by atoms with Gasteiger partial charge in [0.05, 0.1) is 0 Å². The Morgan fingerprint density at radius 1 is 1.00 bits per heavy atom. The molecular formula is C12H18Cl2. The maximum atomic E-state index is 5.57. The van der Waals surface area contributed by atoms with Crippen LogP contribution >= 0.6 is 23.2 Å². The molecule has 0 rings (SSSR count). The molecule has 0 aromatic rings. The van der Waals surface area contributed by atoms with Crippen LogP contribution in [0.2, 0.25) is 0 Å². The van der Waals surface area contributed by atoms with Gasteiger partial charge in [-0.25, -0.2) is 0 Å². The van der Waals surface area contributed by atoms with Gasteiger partial charge in [0.1, 0.15) is 0 Å². The minimum absolute atomic E-state index is 0.733. The fraction of sp³-hybridized carbons (Fsp3) is 0.667. The quantitative estimate of drug-likeness (QED) is 0.348. The van der Waals surface area contributed by atoms with E-state index in [0.29, 0.717) is 0 Å². The van der Waals surface area contributed by atoms with Crippen LogP contribution in [0.1, 0.15) is 38.5 Å². The first-order valence-electron chi connectivity index (χ1n) is 5.10. The number of alkyl halides is 2. The van der Waals surface area contributed by atoms with Gasteiger partial charge < -0.3 is 0 Å². The Labute approximate surface area is 97.7 Å². The standard InChI is InChI=1S/C12H18Cl2/c1-12(9-5-7-11-14)8-4-2-3-6-10-13/h1-3,5-7,9-11H2. The fourth-order valence-electron chi connectivity index (χ4n) is 0.991. The van der Waals surface area contributed by atoms with Crippen molar-refractivity contribution in [3.05, 3.63) is 12.2 Å². The van der Waals surface area contributed by atoms with Crippen molar-refractivity contribution in [3.8, 4) is 11.8 Å². The van der Waals surface area contributed by atoms with E-state index in [-0.39, 0.29) is 0 Å². The van der Waals surface area contributed by atoms with Crippen LogP contribution in [0.3, 0.4) is 0 Å². The topological polar surface area (TPSA) is 0 Å². The summed E-state index contributed by atoms with van der Waals surface area (Å²) in [7, 11) is 0. The number of hydrogen-bond acceptors (Lipinski definition) is 0. The van der Waals surface area contributed by atoms with Crippen molar-refractivity contribution in [1.82, 2.24) is 0 Å². The Kier molecular flexibility index (Phi) is 10.9. The molecule has 0 aliphatic carbocycles. The zero-order valence-corrected chi connectivity index (χ0v) is 10.1. The Morgan fingerprint density at radius 3 is 2.29 bits per heavy atom. The van der Waals surface area contributed by atoms with Crippen LogP contribution in [-0.2, 0) is 0 Å². The highest BCUT2D eigenvalue weighted by Crippen LogP contribution is 2.05. The molecule has 0 nitrogen and oxygen atoms in total. The average molecular weight is 233 g/mol. The lowest BCUT2D eigenvalue weighted by Crippen LogP contribution is -1.81. The van der Waals surface area contributed by atoms with E-state index in [0.717, 1.165) is 55.9 Å². The number of allylic oxidation sites excluding steroid dienone is 1. The van der Waals surface area contributed by atoms with Crippen LogP contribution in [0.25, 0.3) is 0 Å². The van der Waals surface area contributed by atoms with Gasteiger partial charge in [0, 0.05) is 18.2 Å². The molecule has 0 spiro atoms. The Morgan fingerprint density at radius 2 is 1.64 bits per heavy atom. The first kappa shape index (κ1) is 13.9. The summed E-state index contributed by atoms with van der Waals surface area (Å²) in [6, 6.07) is 0. The van der Waals surface area contributed by atoms with E-state index in [1.54, 1.807) is 0 Å². The third-order valence-corrected chi connectivity index (χ3v) is 2.35. The number of halogens is 2. The second kappa shape index (κ2) is 11.0. The summed E-state index contributed by atoms with van der Waals surface area (Å²) in [6.07, 6.45) is 6.20.